The molecule has 81 valence electrons. The Hall–Kier alpha value is -1.56. The zero-order chi connectivity index (χ0) is 11.5. The molecule has 0 heterocycles. The summed E-state index contributed by atoms with van der Waals surface area (Å²) in [6, 6.07) is 17.1. The van der Waals surface area contributed by atoms with Gasteiger partial charge in [-0.05, 0) is 35.1 Å². The van der Waals surface area contributed by atoms with Gasteiger partial charge in [0.05, 0.1) is 0 Å². The third kappa shape index (κ3) is 2.33. The Bertz CT molecular complexity index is 464. The molecule has 0 N–H and O–H groups in total. The summed E-state index contributed by atoms with van der Waals surface area (Å²) in [6.07, 6.45) is 0. The topological polar surface area (TPSA) is 0 Å². The number of hydrogen-bond donors (Lipinski definition) is 0. The summed E-state index contributed by atoms with van der Waals surface area (Å²) >= 11 is 0. The van der Waals surface area contributed by atoms with Crippen molar-refractivity contribution in [3.63, 3.8) is 0 Å². The molecule has 2 aromatic carbocycles. The Kier molecular flexibility index (Phi) is 3.09. The number of hydrogen-bond acceptors (Lipinski definition) is 0. The van der Waals surface area contributed by atoms with Crippen molar-refractivity contribution >= 4 is 0 Å². The fourth-order valence-corrected chi connectivity index (χ4v) is 1.81. The first kappa shape index (κ1) is 10.9. The zero-order valence-electron chi connectivity index (χ0n) is 9.90. The van der Waals surface area contributed by atoms with E-state index in [1.165, 1.54) is 16.7 Å². The molecule has 2 aromatic rings. The lowest BCUT2D eigenvalue weighted by Gasteiger charge is -2.07. The van der Waals surface area contributed by atoms with Crippen LogP contribution in [-0.4, -0.2) is 0 Å². The van der Waals surface area contributed by atoms with E-state index in [1.807, 2.05) is 12.1 Å². The molecule has 0 heteroatoms. The molecule has 0 aliphatic heterocycles. The van der Waals surface area contributed by atoms with Gasteiger partial charge in [-0.25, -0.2) is 0 Å². The smallest absolute Gasteiger partial charge is 0.0181 e. The third-order valence-electron chi connectivity index (χ3n) is 2.84. The molecular weight excluding hydrogens is 192 g/mol. The van der Waals surface area contributed by atoms with Gasteiger partial charge in [-0.15, -0.1) is 0 Å². The van der Waals surface area contributed by atoms with E-state index in [4.69, 9.17) is 0 Å². The van der Waals surface area contributed by atoms with Crippen LogP contribution in [0.15, 0.2) is 48.5 Å². The lowest BCUT2D eigenvalue weighted by atomic mass is 9.98. The molecule has 0 unspecified atom stereocenters. The van der Waals surface area contributed by atoms with E-state index in [0.717, 1.165) is 5.56 Å². The largest absolute Gasteiger partial charge is 0.0614 e. The van der Waals surface area contributed by atoms with E-state index in [9.17, 15) is 0 Å². The molecule has 0 saturated carbocycles. The second-order valence-corrected chi connectivity index (χ2v) is 4.48. The van der Waals surface area contributed by atoms with Gasteiger partial charge in [-0.1, -0.05) is 62.4 Å². The molecule has 1 radical (unpaired) electrons. The molecule has 0 nitrogen and oxygen atoms in total. The maximum Gasteiger partial charge on any atom is -0.0181 e. The van der Waals surface area contributed by atoms with E-state index in [-0.39, 0.29) is 0 Å². The van der Waals surface area contributed by atoms with Crippen molar-refractivity contribution in [3.8, 4) is 11.1 Å². The maximum absolute atomic E-state index is 3.95. The van der Waals surface area contributed by atoms with E-state index >= 15 is 0 Å². The van der Waals surface area contributed by atoms with Crippen molar-refractivity contribution in [2.75, 3.05) is 0 Å². The Balaban J connectivity index is 2.35. The van der Waals surface area contributed by atoms with E-state index in [0.29, 0.717) is 5.92 Å². The molecule has 0 aromatic heterocycles. The maximum atomic E-state index is 3.95. The average molecular weight is 209 g/mol. The normalized spacial score (nSPS) is 10.8. The predicted octanol–water partition coefficient (Wildman–Crippen LogP) is 4.66. The standard InChI is InChI=1S/C16H17/c1-12(2)14-7-9-15(10-8-14)16-6-4-5-13(3)11-16/h4-12H,3H2,1-2H3. The van der Waals surface area contributed by atoms with E-state index in [2.05, 4.69) is 57.2 Å². The van der Waals surface area contributed by atoms with Crippen molar-refractivity contribution in [1.29, 1.82) is 0 Å². The van der Waals surface area contributed by atoms with Crippen molar-refractivity contribution in [2.24, 2.45) is 0 Å². The Labute approximate surface area is 97.9 Å². The van der Waals surface area contributed by atoms with E-state index in [1.54, 1.807) is 0 Å². The molecule has 0 atom stereocenters. The quantitative estimate of drug-likeness (QED) is 0.674. The van der Waals surface area contributed by atoms with Crippen LogP contribution in [0.1, 0.15) is 30.9 Å². The van der Waals surface area contributed by atoms with Crippen molar-refractivity contribution < 1.29 is 0 Å². The molecule has 0 aliphatic rings. The Morgan fingerprint density at radius 1 is 0.875 bits per heavy atom. The monoisotopic (exact) mass is 209 g/mol. The second kappa shape index (κ2) is 4.52. The third-order valence-corrected chi connectivity index (χ3v) is 2.84. The lowest BCUT2D eigenvalue weighted by Crippen LogP contribution is -1.86. The molecule has 0 saturated heterocycles. The molecule has 0 aliphatic carbocycles. The molecule has 0 fully saturated rings. The summed E-state index contributed by atoms with van der Waals surface area (Å²) < 4.78 is 0. The van der Waals surface area contributed by atoms with Gasteiger partial charge in [0.2, 0.25) is 0 Å². The molecule has 0 amide bonds. The van der Waals surface area contributed by atoms with Crippen molar-refractivity contribution in [2.45, 2.75) is 19.8 Å². The highest BCUT2D eigenvalue weighted by Gasteiger charge is 2.00. The summed E-state index contributed by atoms with van der Waals surface area (Å²) in [7, 11) is 0. The van der Waals surface area contributed by atoms with Gasteiger partial charge in [0.25, 0.3) is 0 Å². The van der Waals surface area contributed by atoms with Crippen LogP contribution in [0.2, 0.25) is 0 Å². The molecule has 0 spiro atoms. The number of benzene rings is 2. The minimum Gasteiger partial charge on any atom is -0.0614 e. The summed E-state index contributed by atoms with van der Waals surface area (Å²) in [5, 5.41) is 0. The van der Waals surface area contributed by atoms with Crippen LogP contribution in [0.5, 0.6) is 0 Å². The van der Waals surface area contributed by atoms with Crippen LogP contribution in [0.4, 0.5) is 0 Å². The minimum absolute atomic E-state index is 0.591. The average Bonchev–Trinajstić information content (AvgIpc) is 2.29. The van der Waals surface area contributed by atoms with Crippen LogP contribution >= 0.6 is 0 Å². The Morgan fingerprint density at radius 3 is 2.12 bits per heavy atom. The minimum atomic E-state index is 0.591. The summed E-state index contributed by atoms with van der Waals surface area (Å²) in [5.41, 5.74) is 4.94. The molecule has 16 heavy (non-hydrogen) atoms. The van der Waals surface area contributed by atoms with Gasteiger partial charge in [0.1, 0.15) is 0 Å². The van der Waals surface area contributed by atoms with Gasteiger partial charge in [0.15, 0.2) is 0 Å². The summed E-state index contributed by atoms with van der Waals surface area (Å²) in [6.45, 7) is 8.38. The van der Waals surface area contributed by atoms with Gasteiger partial charge >= 0.3 is 0 Å². The van der Waals surface area contributed by atoms with Crippen LogP contribution in [0.25, 0.3) is 11.1 Å². The lowest BCUT2D eigenvalue weighted by molar-refractivity contribution is 0.867. The highest BCUT2D eigenvalue weighted by Crippen LogP contribution is 2.23. The molecule has 0 bridgehead atoms. The Morgan fingerprint density at radius 2 is 1.56 bits per heavy atom. The van der Waals surface area contributed by atoms with Crippen LogP contribution in [0, 0.1) is 6.92 Å². The van der Waals surface area contributed by atoms with Gasteiger partial charge in [0, 0.05) is 0 Å². The summed E-state index contributed by atoms with van der Waals surface area (Å²) in [5.74, 6) is 0.591. The molecular formula is C16H17. The van der Waals surface area contributed by atoms with Crippen LogP contribution in [0.3, 0.4) is 0 Å². The van der Waals surface area contributed by atoms with Gasteiger partial charge < -0.3 is 0 Å². The highest BCUT2D eigenvalue weighted by molar-refractivity contribution is 5.64. The van der Waals surface area contributed by atoms with Crippen LogP contribution < -0.4 is 0 Å². The first-order valence-corrected chi connectivity index (χ1v) is 5.69. The first-order valence-electron chi connectivity index (χ1n) is 5.69. The second-order valence-electron chi connectivity index (χ2n) is 4.48. The van der Waals surface area contributed by atoms with Crippen molar-refractivity contribution in [1.82, 2.24) is 0 Å². The summed E-state index contributed by atoms with van der Waals surface area (Å²) in [4.78, 5) is 0. The SMILES string of the molecule is [CH2]c1cccc(-c2ccc(C(C)C)cc2)c1. The predicted molar refractivity (Wildman–Crippen MR) is 70.4 cm³/mol. The first-order chi connectivity index (χ1) is 7.66. The zero-order valence-corrected chi connectivity index (χ0v) is 9.90. The number of rotatable bonds is 2. The van der Waals surface area contributed by atoms with Crippen molar-refractivity contribution in [3.05, 3.63) is 66.6 Å². The van der Waals surface area contributed by atoms with Gasteiger partial charge in [-0.3, -0.25) is 0 Å². The van der Waals surface area contributed by atoms with Gasteiger partial charge in [-0.2, -0.15) is 0 Å². The van der Waals surface area contributed by atoms with Crippen LogP contribution in [-0.2, 0) is 0 Å². The molecule has 2 rings (SSSR count). The fourth-order valence-electron chi connectivity index (χ4n) is 1.81. The van der Waals surface area contributed by atoms with E-state index < -0.39 is 0 Å². The fraction of sp³-hybridized carbons (Fsp3) is 0.188. The highest BCUT2D eigenvalue weighted by atomic mass is 14.1.